The van der Waals surface area contributed by atoms with Crippen LogP contribution in [0.2, 0.25) is 5.02 Å². The summed E-state index contributed by atoms with van der Waals surface area (Å²) in [4.78, 5) is 4.29. The van der Waals surface area contributed by atoms with Gasteiger partial charge in [-0.05, 0) is 43.2 Å². The van der Waals surface area contributed by atoms with Crippen LogP contribution in [0.1, 0.15) is 25.3 Å². The molecule has 0 spiro atoms. The number of ether oxygens (including phenoxy) is 2. The predicted octanol–water partition coefficient (Wildman–Crippen LogP) is 3.64. The van der Waals surface area contributed by atoms with Crippen molar-refractivity contribution in [3.63, 3.8) is 0 Å². The van der Waals surface area contributed by atoms with Crippen LogP contribution in [0.4, 0.5) is 0 Å². The normalized spacial score (nSPS) is 22.2. The van der Waals surface area contributed by atoms with Gasteiger partial charge >= 0.3 is 0 Å². The number of nitrogens with one attached hydrogen (secondary N) is 2. The standard InChI is InChI=1S/C16H22ClN3O2S.HI/c1-16(4-3-5-23-16)9-20-15(18-2)19-8-11-6-12(17)14-13(7-11)21-10-22-14;/h6-7H,3-5,8-10H2,1-2H3,(H2,18,19,20);1H. The molecule has 0 amide bonds. The Morgan fingerprint density at radius 2 is 2.21 bits per heavy atom. The number of hydrogen-bond acceptors (Lipinski definition) is 4. The number of nitrogens with zero attached hydrogens (tertiary/aromatic N) is 1. The Hall–Kier alpha value is -0.540. The average molecular weight is 484 g/mol. The second-order valence-electron chi connectivity index (χ2n) is 5.99. The molecule has 0 aliphatic carbocycles. The Bertz CT molecular complexity index is 609. The molecule has 1 aromatic rings. The zero-order valence-corrected chi connectivity index (χ0v) is 17.8. The van der Waals surface area contributed by atoms with E-state index >= 15 is 0 Å². The summed E-state index contributed by atoms with van der Waals surface area (Å²) in [7, 11) is 1.78. The third-order valence-electron chi connectivity index (χ3n) is 4.10. The van der Waals surface area contributed by atoms with Gasteiger partial charge in [0.15, 0.2) is 17.5 Å². The van der Waals surface area contributed by atoms with Crippen LogP contribution in [-0.4, -0.2) is 36.8 Å². The minimum atomic E-state index is 0. The highest BCUT2D eigenvalue weighted by Gasteiger charge is 2.29. The first-order valence-corrected chi connectivity index (χ1v) is 9.12. The first-order chi connectivity index (χ1) is 11.1. The van der Waals surface area contributed by atoms with Gasteiger partial charge in [-0.15, -0.1) is 24.0 Å². The highest BCUT2D eigenvalue weighted by atomic mass is 127. The molecular formula is C16H23ClIN3O2S. The van der Waals surface area contributed by atoms with Gasteiger partial charge in [0.05, 0.1) is 5.02 Å². The highest BCUT2D eigenvalue weighted by Crippen LogP contribution is 2.39. The average Bonchev–Trinajstić information content (AvgIpc) is 3.17. The van der Waals surface area contributed by atoms with Crippen LogP contribution in [0.15, 0.2) is 17.1 Å². The fraction of sp³-hybridized carbons (Fsp3) is 0.562. The molecule has 2 aliphatic rings. The third-order valence-corrected chi connectivity index (χ3v) is 5.92. The molecule has 2 N–H and O–H groups in total. The van der Waals surface area contributed by atoms with Gasteiger partial charge in [-0.3, -0.25) is 4.99 Å². The zero-order chi connectivity index (χ0) is 16.3. The molecule has 8 heteroatoms. The predicted molar refractivity (Wildman–Crippen MR) is 111 cm³/mol. The van der Waals surface area contributed by atoms with E-state index in [9.17, 15) is 0 Å². The van der Waals surface area contributed by atoms with Gasteiger partial charge in [-0.2, -0.15) is 11.8 Å². The van der Waals surface area contributed by atoms with Crippen molar-refractivity contribution in [3.8, 4) is 11.5 Å². The fourth-order valence-electron chi connectivity index (χ4n) is 2.78. The fourth-order valence-corrected chi connectivity index (χ4v) is 4.31. The molecule has 1 fully saturated rings. The number of fused-ring (bicyclic) bond motifs is 1. The molecule has 0 saturated carbocycles. The molecule has 1 saturated heterocycles. The molecule has 0 radical (unpaired) electrons. The second-order valence-corrected chi connectivity index (χ2v) is 8.08. The second kappa shape index (κ2) is 8.71. The Kier molecular flexibility index (Phi) is 7.18. The number of thioether (sulfide) groups is 1. The summed E-state index contributed by atoms with van der Waals surface area (Å²) in [5.74, 6) is 3.38. The molecule has 134 valence electrons. The summed E-state index contributed by atoms with van der Waals surface area (Å²) in [5.41, 5.74) is 1.03. The number of guanidine groups is 1. The molecular weight excluding hydrogens is 461 g/mol. The molecule has 1 unspecified atom stereocenters. The van der Waals surface area contributed by atoms with E-state index in [4.69, 9.17) is 21.1 Å². The van der Waals surface area contributed by atoms with E-state index in [-0.39, 0.29) is 30.8 Å². The smallest absolute Gasteiger partial charge is 0.231 e. The lowest BCUT2D eigenvalue weighted by molar-refractivity contribution is 0.174. The number of benzene rings is 1. The Morgan fingerprint density at radius 3 is 2.92 bits per heavy atom. The number of hydrogen-bond donors (Lipinski definition) is 2. The van der Waals surface area contributed by atoms with Gasteiger partial charge < -0.3 is 20.1 Å². The van der Waals surface area contributed by atoms with E-state index in [0.717, 1.165) is 18.1 Å². The largest absolute Gasteiger partial charge is 0.454 e. The van der Waals surface area contributed by atoms with Gasteiger partial charge in [0.1, 0.15) is 0 Å². The van der Waals surface area contributed by atoms with Gasteiger partial charge in [-0.1, -0.05) is 11.6 Å². The van der Waals surface area contributed by atoms with Crippen LogP contribution in [0, 0.1) is 0 Å². The zero-order valence-electron chi connectivity index (χ0n) is 13.9. The van der Waals surface area contributed by atoms with Crippen molar-refractivity contribution in [2.75, 3.05) is 26.1 Å². The molecule has 2 aliphatic heterocycles. The molecule has 24 heavy (non-hydrogen) atoms. The van der Waals surface area contributed by atoms with Crippen LogP contribution < -0.4 is 20.1 Å². The SMILES string of the molecule is CN=C(NCc1cc(Cl)c2c(c1)OCO2)NCC1(C)CCCS1.I. The summed E-state index contributed by atoms with van der Waals surface area (Å²) in [6.45, 7) is 4.08. The first kappa shape index (κ1) is 19.8. The van der Waals surface area contributed by atoms with Crippen molar-refractivity contribution in [3.05, 3.63) is 22.7 Å². The van der Waals surface area contributed by atoms with E-state index in [0.29, 0.717) is 27.8 Å². The molecule has 1 aromatic carbocycles. The lowest BCUT2D eigenvalue weighted by atomic mass is 10.1. The molecule has 3 rings (SSSR count). The Labute approximate surface area is 169 Å². The van der Waals surface area contributed by atoms with Crippen molar-refractivity contribution in [2.24, 2.45) is 4.99 Å². The maximum Gasteiger partial charge on any atom is 0.231 e. The number of aliphatic imine (C=N–C) groups is 1. The van der Waals surface area contributed by atoms with Crippen molar-refractivity contribution < 1.29 is 9.47 Å². The lowest BCUT2D eigenvalue weighted by Crippen LogP contribution is -2.43. The topological polar surface area (TPSA) is 54.9 Å². The molecule has 5 nitrogen and oxygen atoms in total. The van der Waals surface area contributed by atoms with Crippen LogP contribution >= 0.6 is 47.3 Å². The van der Waals surface area contributed by atoms with Crippen LogP contribution in [0.5, 0.6) is 11.5 Å². The van der Waals surface area contributed by atoms with E-state index in [1.165, 1.54) is 18.6 Å². The van der Waals surface area contributed by atoms with Crippen molar-refractivity contribution in [2.45, 2.75) is 31.1 Å². The molecule has 0 aromatic heterocycles. The van der Waals surface area contributed by atoms with E-state index < -0.39 is 0 Å². The Balaban J connectivity index is 0.00000208. The quantitative estimate of drug-likeness (QED) is 0.389. The van der Waals surface area contributed by atoms with E-state index in [1.807, 2.05) is 23.9 Å². The minimum absolute atomic E-state index is 0. The summed E-state index contributed by atoms with van der Waals surface area (Å²) >= 11 is 8.24. The number of rotatable bonds is 4. The van der Waals surface area contributed by atoms with Crippen molar-refractivity contribution in [1.29, 1.82) is 0 Å². The minimum Gasteiger partial charge on any atom is -0.454 e. The summed E-state index contributed by atoms with van der Waals surface area (Å²) in [6, 6.07) is 3.84. The van der Waals surface area contributed by atoms with Gasteiger partial charge in [-0.25, -0.2) is 0 Å². The van der Waals surface area contributed by atoms with Crippen molar-refractivity contribution in [1.82, 2.24) is 10.6 Å². The van der Waals surface area contributed by atoms with Crippen LogP contribution in [0.3, 0.4) is 0 Å². The summed E-state index contributed by atoms with van der Waals surface area (Å²) in [5, 5.41) is 7.32. The van der Waals surface area contributed by atoms with Crippen molar-refractivity contribution >= 4 is 53.3 Å². The molecule has 0 bridgehead atoms. The number of halogens is 2. The summed E-state index contributed by atoms with van der Waals surface area (Å²) in [6.07, 6.45) is 2.55. The monoisotopic (exact) mass is 483 g/mol. The van der Waals surface area contributed by atoms with Gasteiger partial charge in [0.25, 0.3) is 0 Å². The van der Waals surface area contributed by atoms with Crippen LogP contribution in [0.25, 0.3) is 0 Å². The van der Waals surface area contributed by atoms with E-state index in [1.54, 1.807) is 7.05 Å². The summed E-state index contributed by atoms with van der Waals surface area (Å²) < 4.78 is 11.0. The Morgan fingerprint density at radius 1 is 1.38 bits per heavy atom. The maximum atomic E-state index is 6.21. The van der Waals surface area contributed by atoms with Crippen LogP contribution in [-0.2, 0) is 6.54 Å². The highest BCUT2D eigenvalue weighted by molar-refractivity contribution is 14.0. The lowest BCUT2D eigenvalue weighted by Gasteiger charge is -2.24. The third kappa shape index (κ3) is 4.76. The van der Waals surface area contributed by atoms with E-state index in [2.05, 4.69) is 22.5 Å². The molecule has 2 heterocycles. The first-order valence-electron chi connectivity index (χ1n) is 7.76. The maximum absolute atomic E-state index is 6.21. The van der Waals surface area contributed by atoms with Gasteiger partial charge in [0, 0.05) is 24.9 Å². The molecule has 1 atom stereocenters. The van der Waals surface area contributed by atoms with Gasteiger partial charge in [0.2, 0.25) is 6.79 Å².